The second-order valence-corrected chi connectivity index (χ2v) is 17.1. The number of benzene rings is 2. The zero-order valence-corrected chi connectivity index (χ0v) is 34.2. The summed E-state index contributed by atoms with van der Waals surface area (Å²) >= 11 is 0. The third kappa shape index (κ3) is 7.04. The summed E-state index contributed by atoms with van der Waals surface area (Å²) in [6.07, 6.45) is 9.60. The largest absolute Gasteiger partial charge is 0.371 e. The molecule has 4 saturated heterocycles. The summed E-state index contributed by atoms with van der Waals surface area (Å²) in [6.45, 7) is 12.6. The SMILES string of the molecule is C=CCn1c(=O)c2cnc(Nc3ccc(N4CCC(N5CCOC6(CN(c7cccc(C8CCC(=O)NC8=O)c7)C6)C5)CC4)cc3)nc2n1-c1ccc2c(n1)C(CC)CC2. The van der Waals surface area contributed by atoms with Crippen LogP contribution in [0.1, 0.15) is 74.1 Å². The second-order valence-electron chi connectivity index (χ2n) is 17.1. The van der Waals surface area contributed by atoms with Crippen molar-refractivity contribution >= 4 is 45.9 Å². The summed E-state index contributed by atoms with van der Waals surface area (Å²) in [5.41, 5.74) is 6.68. The average Bonchev–Trinajstić information content (AvgIpc) is 3.80. The molecule has 4 aliphatic heterocycles. The van der Waals surface area contributed by atoms with Crippen molar-refractivity contribution in [1.82, 2.24) is 34.5 Å². The van der Waals surface area contributed by atoms with Gasteiger partial charge in [-0.1, -0.05) is 31.2 Å². The number of aryl methyl sites for hydroxylation is 1. The van der Waals surface area contributed by atoms with Crippen molar-refractivity contribution in [3.05, 3.63) is 107 Å². The van der Waals surface area contributed by atoms with E-state index in [9.17, 15) is 14.4 Å². The number of carbonyl (C=O) groups is 2. The zero-order chi connectivity index (χ0) is 41.0. The second kappa shape index (κ2) is 15.6. The smallest absolute Gasteiger partial charge is 0.278 e. The van der Waals surface area contributed by atoms with E-state index in [1.165, 1.54) is 11.3 Å². The Morgan fingerprint density at radius 3 is 2.53 bits per heavy atom. The number of ether oxygens (including phenoxy) is 1. The van der Waals surface area contributed by atoms with Crippen molar-refractivity contribution in [2.24, 2.45) is 0 Å². The number of carbonyl (C=O) groups excluding carboxylic acids is 2. The molecule has 310 valence electrons. The number of hydrogen-bond donors (Lipinski definition) is 2. The lowest BCUT2D eigenvalue weighted by Gasteiger charge is -2.56. The molecule has 10 rings (SSSR count). The summed E-state index contributed by atoms with van der Waals surface area (Å²) in [5, 5.41) is 6.30. The van der Waals surface area contributed by atoms with Crippen molar-refractivity contribution in [1.29, 1.82) is 0 Å². The lowest BCUT2D eigenvalue weighted by molar-refractivity contribution is -0.134. The Morgan fingerprint density at radius 2 is 1.75 bits per heavy atom. The van der Waals surface area contributed by atoms with Crippen LogP contribution in [-0.4, -0.2) is 98.5 Å². The molecule has 0 radical (unpaired) electrons. The maximum absolute atomic E-state index is 13.5. The highest BCUT2D eigenvalue weighted by Gasteiger charge is 2.48. The first-order valence-electron chi connectivity index (χ1n) is 21.6. The number of morpholine rings is 1. The lowest BCUT2D eigenvalue weighted by Crippen LogP contribution is -2.71. The number of nitrogens with one attached hydrogen (secondary N) is 2. The number of fused-ring (bicyclic) bond motifs is 2. The van der Waals surface area contributed by atoms with E-state index in [0.717, 1.165) is 101 Å². The highest BCUT2D eigenvalue weighted by Crippen LogP contribution is 2.38. The summed E-state index contributed by atoms with van der Waals surface area (Å²) in [5.74, 6) is 0.836. The molecular weight excluding hydrogens is 757 g/mol. The van der Waals surface area contributed by atoms with E-state index in [2.05, 4.69) is 86.3 Å². The fraction of sp³-hybridized carbons (Fsp3) is 0.435. The molecule has 60 heavy (non-hydrogen) atoms. The molecule has 2 amide bonds. The van der Waals surface area contributed by atoms with Gasteiger partial charge in [0, 0.05) is 73.5 Å². The Hall–Kier alpha value is -5.86. The molecule has 5 aromatic rings. The number of pyridine rings is 1. The minimum absolute atomic E-state index is 0.173. The van der Waals surface area contributed by atoms with Gasteiger partial charge in [0.15, 0.2) is 11.5 Å². The van der Waals surface area contributed by atoms with Crippen LogP contribution in [0.5, 0.6) is 0 Å². The summed E-state index contributed by atoms with van der Waals surface area (Å²) in [7, 11) is 0. The van der Waals surface area contributed by atoms with E-state index >= 15 is 0 Å². The van der Waals surface area contributed by atoms with Crippen molar-refractivity contribution in [3.8, 4) is 5.82 Å². The summed E-state index contributed by atoms with van der Waals surface area (Å²) in [4.78, 5) is 59.7. The minimum atomic E-state index is -0.284. The van der Waals surface area contributed by atoms with Gasteiger partial charge in [0.1, 0.15) is 11.0 Å². The standard InChI is InChI=1S/C46H52N10O4/c1-3-20-55-44(59)38-26-47-45(51-42(38)56(55)39-16-10-31-9-8-30(4-2)41(31)49-39)48-33-11-13-34(14-12-33)52-21-18-35(19-22-52)53-23-24-60-46(27-53)28-54(29-46)36-7-5-6-32(25-36)37-15-17-40(57)50-43(37)58/h3,5-7,10-14,16,25-26,30,35,37H,1,4,8-9,15,17-24,27-29H2,2H3,(H,47,48,51)(H,50,57,58). The quantitative estimate of drug-likeness (QED) is 0.138. The molecule has 0 saturated carbocycles. The Morgan fingerprint density at radius 1 is 0.917 bits per heavy atom. The van der Waals surface area contributed by atoms with Crippen LogP contribution in [0, 0.1) is 0 Å². The van der Waals surface area contributed by atoms with E-state index in [0.29, 0.717) is 54.1 Å². The number of nitrogens with zero attached hydrogens (tertiary/aromatic N) is 8. The van der Waals surface area contributed by atoms with Crippen LogP contribution in [-0.2, 0) is 27.3 Å². The van der Waals surface area contributed by atoms with Gasteiger partial charge in [-0.2, -0.15) is 4.98 Å². The van der Waals surface area contributed by atoms with E-state index in [1.807, 2.05) is 22.9 Å². The Labute approximate surface area is 349 Å². The molecule has 3 aromatic heterocycles. The monoisotopic (exact) mass is 808 g/mol. The molecule has 1 aliphatic carbocycles. The number of rotatable bonds is 10. The molecule has 4 fully saturated rings. The zero-order valence-electron chi connectivity index (χ0n) is 34.2. The Kier molecular flexibility index (Phi) is 9.99. The molecule has 1 spiro atoms. The molecule has 7 heterocycles. The lowest BCUT2D eigenvalue weighted by atomic mass is 9.87. The van der Waals surface area contributed by atoms with Crippen molar-refractivity contribution in [2.45, 2.75) is 81.9 Å². The first-order chi connectivity index (χ1) is 29.3. The van der Waals surface area contributed by atoms with Gasteiger partial charge in [-0.25, -0.2) is 19.3 Å². The van der Waals surface area contributed by atoms with Crippen LogP contribution in [0.25, 0.3) is 16.9 Å². The summed E-state index contributed by atoms with van der Waals surface area (Å²) < 4.78 is 9.89. The topological polar surface area (TPSA) is 143 Å². The molecule has 14 heteroatoms. The average molecular weight is 809 g/mol. The van der Waals surface area contributed by atoms with E-state index < -0.39 is 0 Å². The van der Waals surface area contributed by atoms with Crippen LogP contribution < -0.4 is 26.0 Å². The van der Waals surface area contributed by atoms with E-state index in [-0.39, 0.29) is 28.9 Å². The van der Waals surface area contributed by atoms with E-state index in [4.69, 9.17) is 14.7 Å². The van der Waals surface area contributed by atoms with E-state index in [1.54, 1.807) is 17.0 Å². The highest BCUT2D eigenvalue weighted by molar-refractivity contribution is 6.01. The maximum Gasteiger partial charge on any atom is 0.278 e. The number of hydrogen-bond acceptors (Lipinski definition) is 11. The number of aromatic nitrogens is 5. The van der Waals surface area contributed by atoms with Gasteiger partial charge in [-0.15, -0.1) is 6.58 Å². The van der Waals surface area contributed by atoms with Crippen molar-refractivity contribution < 1.29 is 14.3 Å². The number of allylic oxidation sites excluding steroid dienone is 1. The van der Waals surface area contributed by atoms with Gasteiger partial charge < -0.3 is 19.9 Å². The van der Waals surface area contributed by atoms with Gasteiger partial charge in [0.25, 0.3) is 5.56 Å². The fourth-order valence-corrected chi connectivity index (χ4v) is 10.2. The normalized spacial score (nSPS) is 21.9. The van der Waals surface area contributed by atoms with Gasteiger partial charge in [-0.05, 0) is 92.1 Å². The third-order valence-corrected chi connectivity index (χ3v) is 13.4. The van der Waals surface area contributed by atoms with Gasteiger partial charge in [-0.3, -0.25) is 24.6 Å². The van der Waals surface area contributed by atoms with Gasteiger partial charge in [0.05, 0.1) is 32.2 Å². The maximum atomic E-state index is 13.5. The van der Waals surface area contributed by atoms with Gasteiger partial charge >= 0.3 is 0 Å². The molecule has 2 atom stereocenters. The van der Waals surface area contributed by atoms with Crippen LogP contribution in [0.15, 0.2) is 84.3 Å². The molecule has 2 aromatic carbocycles. The molecule has 14 nitrogen and oxygen atoms in total. The third-order valence-electron chi connectivity index (χ3n) is 13.4. The highest BCUT2D eigenvalue weighted by atomic mass is 16.5. The number of amides is 2. The number of anilines is 4. The minimum Gasteiger partial charge on any atom is -0.371 e. The number of imide groups is 1. The van der Waals surface area contributed by atoms with Crippen molar-refractivity contribution in [3.63, 3.8) is 0 Å². The van der Waals surface area contributed by atoms with Crippen LogP contribution >= 0.6 is 0 Å². The van der Waals surface area contributed by atoms with Crippen molar-refractivity contribution in [2.75, 3.05) is 61.0 Å². The predicted octanol–water partition coefficient (Wildman–Crippen LogP) is 5.43. The summed E-state index contributed by atoms with van der Waals surface area (Å²) in [6, 6.07) is 21.3. The van der Waals surface area contributed by atoms with Crippen LogP contribution in [0.3, 0.4) is 0 Å². The first-order valence-corrected chi connectivity index (χ1v) is 21.6. The van der Waals surface area contributed by atoms with Crippen LogP contribution in [0.4, 0.5) is 23.0 Å². The predicted molar refractivity (Wildman–Crippen MR) is 231 cm³/mol. The fourth-order valence-electron chi connectivity index (χ4n) is 10.2. The Bertz CT molecular complexity index is 2520. The molecule has 0 bridgehead atoms. The van der Waals surface area contributed by atoms with Gasteiger partial charge in [0.2, 0.25) is 17.8 Å². The molecule has 2 unspecified atom stereocenters. The first kappa shape index (κ1) is 38.3. The van der Waals surface area contributed by atoms with Crippen LogP contribution in [0.2, 0.25) is 0 Å². The Balaban J connectivity index is 0.765. The molecular formula is C46H52N10O4. The molecule has 2 N–H and O–H groups in total. The number of piperidine rings is 2. The molecule has 5 aliphatic rings.